The van der Waals surface area contributed by atoms with Crippen LogP contribution in [0.15, 0.2) is 64.4 Å². The van der Waals surface area contributed by atoms with Crippen LogP contribution in [0.2, 0.25) is 0 Å². The van der Waals surface area contributed by atoms with E-state index in [1.807, 2.05) is 54.6 Å². The van der Waals surface area contributed by atoms with E-state index in [1.165, 1.54) is 0 Å². The second-order valence-electron chi connectivity index (χ2n) is 4.31. The Morgan fingerprint density at radius 2 is 1.90 bits per heavy atom. The monoisotopic (exact) mass is 302 g/mol. The van der Waals surface area contributed by atoms with Crippen molar-refractivity contribution in [3.63, 3.8) is 0 Å². The van der Waals surface area contributed by atoms with Crippen molar-refractivity contribution in [2.24, 2.45) is 5.73 Å². The van der Waals surface area contributed by atoms with Crippen molar-refractivity contribution < 1.29 is 9.53 Å². The molecule has 5 heteroatoms. The Morgan fingerprint density at radius 1 is 1.19 bits per heavy atom. The van der Waals surface area contributed by atoms with Gasteiger partial charge >= 0.3 is 0 Å². The average molecular weight is 302 g/mol. The first-order chi connectivity index (χ1) is 10.2. The second kappa shape index (κ2) is 7.83. The molecule has 0 aromatic heterocycles. The number of nitrogens with two attached hydrogens (primary N) is 1. The molecular weight excluding hydrogens is 284 g/mol. The second-order valence-corrected chi connectivity index (χ2v) is 5.46. The quantitative estimate of drug-likeness (QED) is 0.805. The van der Waals surface area contributed by atoms with E-state index < -0.39 is 6.23 Å². The summed E-state index contributed by atoms with van der Waals surface area (Å²) in [6.07, 6.45) is -0.944. The standard InChI is InChI=1S/C16H18N2O2S/c1-2-20-15(17)16(19)18-12-7-6-10-14(11-12)21-13-8-4-3-5-9-13/h3-11,15H,2,17H2,1H3,(H,18,19). The zero-order chi connectivity index (χ0) is 15.1. The number of carbonyl (C=O) groups excluding carboxylic acids is 1. The van der Waals surface area contributed by atoms with Gasteiger partial charge < -0.3 is 10.1 Å². The summed E-state index contributed by atoms with van der Waals surface area (Å²) < 4.78 is 5.06. The lowest BCUT2D eigenvalue weighted by atomic mass is 10.3. The van der Waals surface area contributed by atoms with Crippen LogP contribution in [0.1, 0.15) is 6.92 Å². The number of ether oxygens (including phenoxy) is 1. The Hall–Kier alpha value is -1.82. The fourth-order valence-electron chi connectivity index (χ4n) is 1.73. The molecule has 110 valence electrons. The number of nitrogens with one attached hydrogen (secondary N) is 1. The zero-order valence-corrected chi connectivity index (χ0v) is 12.6. The fraction of sp³-hybridized carbons (Fsp3) is 0.188. The smallest absolute Gasteiger partial charge is 0.268 e. The molecule has 21 heavy (non-hydrogen) atoms. The maximum absolute atomic E-state index is 11.8. The number of carbonyl (C=O) groups is 1. The van der Waals surface area contributed by atoms with Gasteiger partial charge in [0.15, 0.2) is 6.23 Å². The van der Waals surface area contributed by atoms with Gasteiger partial charge in [-0.25, -0.2) is 0 Å². The highest BCUT2D eigenvalue weighted by Gasteiger charge is 2.13. The molecule has 0 aliphatic carbocycles. The number of hydrogen-bond donors (Lipinski definition) is 2. The molecule has 2 aromatic carbocycles. The highest BCUT2D eigenvalue weighted by atomic mass is 32.2. The third-order valence-electron chi connectivity index (χ3n) is 2.69. The van der Waals surface area contributed by atoms with E-state index in [1.54, 1.807) is 18.7 Å². The highest BCUT2D eigenvalue weighted by molar-refractivity contribution is 7.99. The van der Waals surface area contributed by atoms with E-state index in [4.69, 9.17) is 10.5 Å². The maximum atomic E-state index is 11.8. The van der Waals surface area contributed by atoms with E-state index in [0.717, 1.165) is 9.79 Å². The third kappa shape index (κ3) is 4.90. The minimum absolute atomic E-state index is 0.348. The summed E-state index contributed by atoms with van der Waals surface area (Å²) in [5.41, 5.74) is 6.30. The molecule has 4 nitrogen and oxygen atoms in total. The lowest BCUT2D eigenvalue weighted by Gasteiger charge is -2.12. The first-order valence-electron chi connectivity index (χ1n) is 6.70. The molecule has 0 bridgehead atoms. The summed E-state index contributed by atoms with van der Waals surface area (Å²) in [4.78, 5) is 14.0. The molecule has 0 saturated carbocycles. The first kappa shape index (κ1) is 15.6. The van der Waals surface area contributed by atoms with Gasteiger partial charge in [0.2, 0.25) is 0 Å². The van der Waals surface area contributed by atoms with E-state index in [0.29, 0.717) is 12.3 Å². The van der Waals surface area contributed by atoms with E-state index in [9.17, 15) is 4.79 Å². The molecule has 0 aliphatic rings. The summed E-state index contributed by atoms with van der Waals surface area (Å²) in [6, 6.07) is 17.7. The van der Waals surface area contributed by atoms with Gasteiger partial charge in [0.1, 0.15) is 0 Å². The number of amides is 1. The molecule has 1 unspecified atom stereocenters. The Balaban J connectivity index is 2.02. The number of rotatable bonds is 6. The largest absolute Gasteiger partial charge is 0.354 e. The lowest BCUT2D eigenvalue weighted by molar-refractivity contribution is -0.126. The minimum atomic E-state index is -0.944. The first-order valence-corrected chi connectivity index (χ1v) is 7.51. The Kier molecular flexibility index (Phi) is 5.80. The molecule has 0 spiro atoms. The van der Waals surface area contributed by atoms with Gasteiger partial charge in [0.25, 0.3) is 5.91 Å². The molecule has 0 heterocycles. The molecular formula is C16H18N2O2S. The lowest BCUT2D eigenvalue weighted by Crippen LogP contribution is -2.37. The number of anilines is 1. The van der Waals surface area contributed by atoms with Crippen molar-refractivity contribution in [2.75, 3.05) is 11.9 Å². The Labute approximate surface area is 128 Å². The van der Waals surface area contributed by atoms with E-state index in [2.05, 4.69) is 5.32 Å². The van der Waals surface area contributed by atoms with Crippen LogP contribution in [-0.2, 0) is 9.53 Å². The molecule has 1 atom stereocenters. The van der Waals surface area contributed by atoms with Gasteiger partial charge in [-0.2, -0.15) is 0 Å². The number of hydrogen-bond acceptors (Lipinski definition) is 4. The molecule has 2 aromatic rings. The van der Waals surface area contributed by atoms with Gasteiger partial charge in [-0.05, 0) is 37.3 Å². The van der Waals surface area contributed by atoms with Crippen molar-refractivity contribution in [3.05, 3.63) is 54.6 Å². The summed E-state index contributed by atoms with van der Waals surface area (Å²) in [7, 11) is 0. The van der Waals surface area contributed by atoms with Crippen molar-refractivity contribution in [1.82, 2.24) is 0 Å². The van der Waals surface area contributed by atoms with Gasteiger partial charge in [-0.1, -0.05) is 36.0 Å². The Morgan fingerprint density at radius 3 is 2.62 bits per heavy atom. The van der Waals surface area contributed by atoms with Crippen LogP contribution in [0.4, 0.5) is 5.69 Å². The Bertz CT molecular complexity index is 590. The predicted molar refractivity (Wildman–Crippen MR) is 85.2 cm³/mol. The normalized spacial score (nSPS) is 11.9. The van der Waals surface area contributed by atoms with Crippen LogP contribution >= 0.6 is 11.8 Å². The SMILES string of the molecule is CCOC(N)C(=O)Nc1cccc(Sc2ccccc2)c1. The van der Waals surface area contributed by atoms with Crippen molar-refractivity contribution >= 4 is 23.4 Å². The van der Waals surface area contributed by atoms with Crippen molar-refractivity contribution in [3.8, 4) is 0 Å². The van der Waals surface area contributed by atoms with Crippen LogP contribution in [0.3, 0.4) is 0 Å². The van der Waals surface area contributed by atoms with Crippen molar-refractivity contribution in [2.45, 2.75) is 22.9 Å². The molecule has 2 rings (SSSR count). The van der Waals surface area contributed by atoms with Crippen molar-refractivity contribution in [1.29, 1.82) is 0 Å². The van der Waals surface area contributed by atoms with E-state index >= 15 is 0 Å². The van der Waals surface area contributed by atoms with Gasteiger partial charge in [0, 0.05) is 22.1 Å². The third-order valence-corrected chi connectivity index (χ3v) is 3.68. The molecule has 3 N–H and O–H groups in total. The van der Waals surface area contributed by atoms with Gasteiger partial charge in [-0.3, -0.25) is 10.5 Å². The average Bonchev–Trinajstić information content (AvgIpc) is 2.49. The number of benzene rings is 2. The van der Waals surface area contributed by atoms with E-state index in [-0.39, 0.29) is 5.91 Å². The summed E-state index contributed by atoms with van der Waals surface area (Å²) in [6.45, 7) is 2.20. The summed E-state index contributed by atoms with van der Waals surface area (Å²) in [5, 5.41) is 2.75. The molecule has 0 radical (unpaired) electrons. The van der Waals surface area contributed by atoms with Crippen LogP contribution in [0.25, 0.3) is 0 Å². The molecule has 0 aliphatic heterocycles. The summed E-state index contributed by atoms with van der Waals surface area (Å²) in [5.74, 6) is -0.348. The van der Waals surface area contributed by atoms with Crippen LogP contribution in [0, 0.1) is 0 Å². The van der Waals surface area contributed by atoms with Gasteiger partial charge in [0.05, 0.1) is 0 Å². The predicted octanol–water partition coefficient (Wildman–Crippen LogP) is 3.10. The van der Waals surface area contributed by atoms with Crippen LogP contribution < -0.4 is 11.1 Å². The topological polar surface area (TPSA) is 64.3 Å². The molecule has 1 amide bonds. The molecule has 0 fully saturated rings. The highest BCUT2D eigenvalue weighted by Crippen LogP contribution is 2.28. The minimum Gasteiger partial charge on any atom is -0.354 e. The van der Waals surface area contributed by atoms with Crippen LogP contribution in [0.5, 0.6) is 0 Å². The van der Waals surface area contributed by atoms with Gasteiger partial charge in [-0.15, -0.1) is 0 Å². The zero-order valence-electron chi connectivity index (χ0n) is 11.8. The summed E-state index contributed by atoms with van der Waals surface area (Å²) >= 11 is 1.63. The fourth-order valence-corrected chi connectivity index (χ4v) is 2.63. The molecule has 0 saturated heterocycles. The van der Waals surface area contributed by atoms with Crippen LogP contribution in [-0.4, -0.2) is 18.7 Å². The maximum Gasteiger partial charge on any atom is 0.268 e.